The third kappa shape index (κ3) is 4.68. The Hall–Kier alpha value is -7.62. The predicted molar refractivity (Wildman–Crippen MR) is 238 cm³/mol. The van der Waals surface area contributed by atoms with Gasteiger partial charge < -0.3 is 14.5 Å². The van der Waals surface area contributed by atoms with Crippen LogP contribution in [0.4, 0.5) is 34.1 Å². The van der Waals surface area contributed by atoms with Crippen LogP contribution in [0.2, 0.25) is 0 Å². The van der Waals surface area contributed by atoms with Gasteiger partial charge in [-0.25, -0.2) is 0 Å². The Balaban J connectivity index is 1.09. The van der Waals surface area contributed by atoms with Crippen LogP contribution in [0, 0.1) is 0 Å². The van der Waals surface area contributed by atoms with Crippen LogP contribution in [0.15, 0.2) is 218 Å². The van der Waals surface area contributed by atoms with E-state index in [1.54, 1.807) is 0 Å². The molecule has 0 fully saturated rings. The molecule has 2 aliphatic heterocycles. The number of benzene rings is 9. The van der Waals surface area contributed by atoms with E-state index in [1.807, 2.05) is 6.07 Å². The van der Waals surface area contributed by atoms with Crippen LogP contribution >= 0.6 is 0 Å². The van der Waals surface area contributed by atoms with E-state index < -0.39 is 5.41 Å². The van der Waals surface area contributed by atoms with Gasteiger partial charge >= 0.3 is 0 Å². The van der Waals surface area contributed by atoms with Crippen molar-refractivity contribution in [1.29, 1.82) is 0 Å². The van der Waals surface area contributed by atoms with Crippen LogP contribution in [0.25, 0.3) is 33.4 Å². The van der Waals surface area contributed by atoms with Crippen molar-refractivity contribution < 1.29 is 4.74 Å². The maximum Gasteiger partial charge on any atom is 0.151 e. The van der Waals surface area contributed by atoms with E-state index in [9.17, 15) is 0 Å². The van der Waals surface area contributed by atoms with Crippen LogP contribution in [-0.2, 0) is 5.41 Å². The third-order valence-corrected chi connectivity index (χ3v) is 12.3. The lowest BCUT2D eigenvalue weighted by atomic mass is 9.64. The van der Waals surface area contributed by atoms with E-state index in [0.717, 1.165) is 45.6 Å². The lowest BCUT2D eigenvalue weighted by Crippen LogP contribution is -2.37. The number of fused-ring (bicyclic) bond motifs is 11. The Bertz CT molecular complexity index is 2950. The van der Waals surface area contributed by atoms with E-state index >= 15 is 0 Å². The lowest BCUT2D eigenvalue weighted by molar-refractivity contribution is 0.473. The first-order chi connectivity index (χ1) is 28.8. The second-order valence-corrected chi connectivity index (χ2v) is 15.3. The number of hydrogen-bond donors (Lipinski definition) is 0. The number of hydrogen-bond acceptors (Lipinski definition) is 3. The molecule has 1 aliphatic carbocycles. The van der Waals surface area contributed by atoms with Gasteiger partial charge in [-0.2, -0.15) is 0 Å². The van der Waals surface area contributed by atoms with Crippen molar-refractivity contribution in [2.24, 2.45) is 0 Å². The quantitative estimate of drug-likeness (QED) is 0.175. The molecule has 3 heteroatoms. The summed E-state index contributed by atoms with van der Waals surface area (Å²) in [6, 6.07) is 79.2. The fourth-order valence-corrected chi connectivity index (χ4v) is 9.79. The molecule has 0 aromatic heterocycles. The van der Waals surface area contributed by atoms with Crippen molar-refractivity contribution >= 4 is 34.1 Å². The van der Waals surface area contributed by atoms with Crippen molar-refractivity contribution in [2.75, 3.05) is 9.80 Å². The van der Waals surface area contributed by atoms with Crippen LogP contribution in [0.5, 0.6) is 11.5 Å². The van der Waals surface area contributed by atoms with Crippen LogP contribution < -0.4 is 14.5 Å². The van der Waals surface area contributed by atoms with Gasteiger partial charge in [0.25, 0.3) is 0 Å². The summed E-state index contributed by atoms with van der Waals surface area (Å²) in [5.41, 5.74) is 18.3. The van der Waals surface area contributed by atoms with Gasteiger partial charge in [0, 0.05) is 17.1 Å². The SMILES string of the molecule is c1ccc(-c2ccc(N(c3ccc(-c4ccccc4)cc3)c3ccc4c(c3)C3(c5ccccc5-4)c4ccccc4N4c5ccccc5Oc5cccc3c54)cc2)cc1. The zero-order chi connectivity index (χ0) is 38.2. The molecule has 12 rings (SSSR count). The van der Waals surface area contributed by atoms with E-state index in [0.29, 0.717) is 0 Å². The van der Waals surface area contributed by atoms with Crippen LogP contribution in [-0.4, -0.2) is 0 Å². The Morgan fingerprint density at radius 2 is 0.845 bits per heavy atom. The van der Waals surface area contributed by atoms with Gasteiger partial charge in [0.1, 0.15) is 0 Å². The molecule has 1 unspecified atom stereocenters. The smallest absolute Gasteiger partial charge is 0.151 e. The first-order valence-electron chi connectivity index (χ1n) is 19.9. The van der Waals surface area contributed by atoms with Crippen LogP contribution in [0.1, 0.15) is 22.3 Å². The number of ether oxygens (including phenoxy) is 1. The molecule has 0 amide bonds. The number of rotatable bonds is 5. The first kappa shape index (κ1) is 32.6. The lowest BCUT2D eigenvalue weighted by Gasteiger charge is -2.47. The van der Waals surface area contributed by atoms with Gasteiger partial charge in [-0.05, 0) is 116 Å². The summed E-state index contributed by atoms with van der Waals surface area (Å²) >= 11 is 0. The largest absolute Gasteiger partial charge is 0.453 e. The van der Waals surface area contributed by atoms with E-state index in [2.05, 4.69) is 222 Å². The summed E-state index contributed by atoms with van der Waals surface area (Å²) in [4.78, 5) is 4.82. The van der Waals surface area contributed by atoms with Crippen molar-refractivity contribution in [3.63, 3.8) is 0 Å². The van der Waals surface area contributed by atoms with Gasteiger partial charge in [0.15, 0.2) is 11.5 Å². The summed E-state index contributed by atoms with van der Waals surface area (Å²) in [7, 11) is 0. The molecule has 0 bridgehead atoms. The molecule has 58 heavy (non-hydrogen) atoms. The first-order valence-corrected chi connectivity index (χ1v) is 19.9. The highest BCUT2D eigenvalue weighted by molar-refractivity contribution is 6.00. The minimum atomic E-state index is -0.601. The van der Waals surface area contributed by atoms with Gasteiger partial charge in [0.05, 0.1) is 22.5 Å². The van der Waals surface area contributed by atoms with Crippen LogP contribution in [0.3, 0.4) is 0 Å². The molecule has 272 valence electrons. The van der Waals surface area contributed by atoms with E-state index in [4.69, 9.17) is 4.74 Å². The maximum absolute atomic E-state index is 6.73. The van der Waals surface area contributed by atoms with Crippen molar-refractivity contribution in [3.05, 3.63) is 241 Å². The standard InChI is InChI=1S/C55H36N2O/c1-3-14-37(15-4-1)39-26-30-41(31-27-39)56(42-32-28-40(29-33-42)38-16-5-2-6-17-38)43-34-35-45-44-18-7-8-19-46(44)55(49(45)36-43)47-20-9-10-22-50(47)57-51-23-11-12-24-52(51)58-53-25-13-21-48(55)54(53)57/h1-36H. The third-order valence-electron chi connectivity index (χ3n) is 12.3. The summed E-state index contributed by atoms with van der Waals surface area (Å²) in [5.74, 6) is 1.73. The van der Waals surface area contributed by atoms with Crippen molar-refractivity contribution in [3.8, 4) is 44.9 Å². The summed E-state index contributed by atoms with van der Waals surface area (Å²) in [6.45, 7) is 0. The Kier molecular flexibility index (Phi) is 7.14. The summed E-state index contributed by atoms with van der Waals surface area (Å²) < 4.78 is 6.73. The Morgan fingerprint density at radius 1 is 0.345 bits per heavy atom. The Labute approximate surface area is 338 Å². The zero-order valence-electron chi connectivity index (χ0n) is 31.6. The molecule has 0 N–H and O–H groups in total. The highest BCUT2D eigenvalue weighted by atomic mass is 16.5. The number of anilines is 6. The number of nitrogens with zero attached hydrogens (tertiary/aromatic N) is 2. The van der Waals surface area contributed by atoms with E-state index in [-0.39, 0.29) is 0 Å². The molecule has 9 aromatic rings. The summed E-state index contributed by atoms with van der Waals surface area (Å²) in [6.07, 6.45) is 0. The zero-order valence-corrected chi connectivity index (χ0v) is 31.6. The highest BCUT2D eigenvalue weighted by Crippen LogP contribution is 2.67. The van der Waals surface area contributed by atoms with Crippen molar-refractivity contribution in [1.82, 2.24) is 0 Å². The second kappa shape index (κ2) is 12.7. The molecular weight excluding hydrogens is 705 g/mol. The molecule has 1 spiro atoms. The monoisotopic (exact) mass is 740 g/mol. The molecule has 1 atom stereocenters. The van der Waals surface area contributed by atoms with Gasteiger partial charge in [-0.1, -0.05) is 158 Å². The minimum Gasteiger partial charge on any atom is -0.453 e. The van der Waals surface area contributed by atoms with E-state index in [1.165, 1.54) is 55.6 Å². The molecule has 2 heterocycles. The topological polar surface area (TPSA) is 15.7 Å². The Morgan fingerprint density at radius 3 is 1.53 bits per heavy atom. The average Bonchev–Trinajstić information content (AvgIpc) is 3.58. The average molecular weight is 741 g/mol. The molecule has 0 saturated carbocycles. The maximum atomic E-state index is 6.73. The predicted octanol–water partition coefficient (Wildman–Crippen LogP) is 14.7. The normalized spacial score (nSPS) is 15.1. The fourth-order valence-electron chi connectivity index (χ4n) is 9.79. The number of para-hydroxylation sites is 4. The van der Waals surface area contributed by atoms with Gasteiger partial charge in [-0.15, -0.1) is 0 Å². The summed E-state index contributed by atoms with van der Waals surface area (Å²) in [5, 5.41) is 0. The fraction of sp³-hybridized carbons (Fsp3) is 0.0182. The molecule has 3 nitrogen and oxygen atoms in total. The highest BCUT2D eigenvalue weighted by Gasteiger charge is 2.53. The second-order valence-electron chi connectivity index (χ2n) is 15.3. The van der Waals surface area contributed by atoms with Gasteiger partial charge in [-0.3, -0.25) is 0 Å². The van der Waals surface area contributed by atoms with Crippen molar-refractivity contribution in [2.45, 2.75) is 5.41 Å². The van der Waals surface area contributed by atoms with Gasteiger partial charge in [0.2, 0.25) is 0 Å². The molecular formula is C55H36N2O. The molecule has 9 aromatic carbocycles. The molecule has 0 saturated heterocycles. The molecule has 3 aliphatic rings. The minimum absolute atomic E-state index is 0.601. The molecule has 0 radical (unpaired) electrons.